The summed E-state index contributed by atoms with van der Waals surface area (Å²) in [5, 5.41) is 2.91. The number of carbonyl (C=O) groups excluding carboxylic acids is 3. The number of amides is 1. The van der Waals surface area contributed by atoms with Gasteiger partial charge >= 0.3 is 5.97 Å². The predicted molar refractivity (Wildman–Crippen MR) is 93.8 cm³/mol. The van der Waals surface area contributed by atoms with E-state index in [0.29, 0.717) is 18.3 Å². The molecule has 3 fully saturated rings. The van der Waals surface area contributed by atoms with Crippen LogP contribution in [0.15, 0.2) is 0 Å². The monoisotopic (exact) mass is 349 g/mol. The number of carbonyl (C=O) groups is 3. The lowest BCUT2D eigenvalue weighted by molar-refractivity contribution is -0.146. The Morgan fingerprint density at radius 2 is 1.92 bits per heavy atom. The highest BCUT2D eigenvalue weighted by atomic mass is 16.5. The second-order valence-corrected chi connectivity index (χ2v) is 8.38. The first-order chi connectivity index (χ1) is 12.0. The molecule has 5 nitrogen and oxygen atoms in total. The molecule has 0 aliphatic heterocycles. The first-order valence-corrected chi connectivity index (χ1v) is 9.94. The molecule has 3 aliphatic carbocycles. The van der Waals surface area contributed by atoms with Crippen LogP contribution in [0.5, 0.6) is 0 Å². The van der Waals surface area contributed by atoms with Gasteiger partial charge in [0.05, 0.1) is 7.11 Å². The second kappa shape index (κ2) is 7.88. The van der Waals surface area contributed by atoms with Crippen molar-refractivity contribution in [2.75, 3.05) is 7.11 Å². The molecule has 0 radical (unpaired) electrons. The lowest BCUT2D eigenvalue weighted by Crippen LogP contribution is -2.45. The van der Waals surface area contributed by atoms with Crippen LogP contribution in [0.1, 0.15) is 77.0 Å². The third kappa shape index (κ3) is 4.24. The first-order valence-electron chi connectivity index (χ1n) is 9.94. The number of methoxy groups -OCH3 is 1. The van der Waals surface area contributed by atoms with E-state index in [9.17, 15) is 14.4 Å². The summed E-state index contributed by atoms with van der Waals surface area (Å²) in [5.74, 6) is -0.353. The van der Waals surface area contributed by atoms with Gasteiger partial charge in [0.2, 0.25) is 5.91 Å². The number of esters is 1. The van der Waals surface area contributed by atoms with Crippen LogP contribution >= 0.6 is 0 Å². The van der Waals surface area contributed by atoms with Gasteiger partial charge in [0.15, 0.2) is 0 Å². The summed E-state index contributed by atoms with van der Waals surface area (Å²) in [6, 6.07) is -0.688. The Labute approximate surface area is 150 Å². The zero-order valence-corrected chi connectivity index (χ0v) is 15.4. The quantitative estimate of drug-likeness (QED) is 0.774. The molecule has 1 N–H and O–H groups in total. The van der Waals surface area contributed by atoms with Gasteiger partial charge in [0, 0.05) is 18.3 Å². The average Bonchev–Trinajstić information content (AvgIpc) is 3.21. The SMILES string of the molecule is COC(=O)[C@H](C[C@@H]1CCCC1=O)NC(=O)C1CCC2(CCCCC2)C1. The van der Waals surface area contributed by atoms with Crippen LogP contribution in [0.3, 0.4) is 0 Å². The van der Waals surface area contributed by atoms with Gasteiger partial charge in [-0.3, -0.25) is 9.59 Å². The lowest BCUT2D eigenvalue weighted by Gasteiger charge is -2.33. The van der Waals surface area contributed by atoms with E-state index in [-0.39, 0.29) is 23.5 Å². The third-order valence-electron chi connectivity index (χ3n) is 6.74. The van der Waals surface area contributed by atoms with Crippen LogP contribution in [-0.4, -0.2) is 30.8 Å². The molecule has 0 heterocycles. The number of hydrogen-bond donors (Lipinski definition) is 1. The molecule has 3 aliphatic rings. The molecule has 5 heteroatoms. The zero-order valence-electron chi connectivity index (χ0n) is 15.4. The van der Waals surface area contributed by atoms with Crippen LogP contribution in [0.25, 0.3) is 0 Å². The molecule has 1 spiro atoms. The summed E-state index contributed by atoms with van der Waals surface area (Å²) >= 11 is 0. The maximum absolute atomic E-state index is 12.8. The summed E-state index contributed by atoms with van der Waals surface area (Å²) in [5.41, 5.74) is 0.364. The van der Waals surface area contributed by atoms with Gasteiger partial charge in [0.25, 0.3) is 0 Å². The fourth-order valence-corrected chi connectivity index (χ4v) is 5.25. The molecule has 3 saturated carbocycles. The normalized spacial score (nSPS) is 29.6. The number of ketones is 1. The van der Waals surface area contributed by atoms with E-state index in [0.717, 1.165) is 32.1 Å². The minimum absolute atomic E-state index is 0.00420. The third-order valence-corrected chi connectivity index (χ3v) is 6.74. The van der Waals surface area contributed by atoms with Crippen molar-refractivity contribution in [2.24, 2.45) is 17.3 Å². The zero-order chi connectivity index (χ0) is 17.9. The van der Waals surface area contributed by atoms with Crippen LogP contribution in [0.4, 0.5) is 0 Å². The molecule has 0 aromatic carbocycles. The summed E-state index contributed by atoms with van der Waals surface area (Å²) in [4.78, 5) is 36.8. The van der Waals surface area contributed by atoms with Gasteiger partial charge in [-0.05, 0) is 56.8 Å². The van der Waals surface area contributed by atoms with E-state index < -0.39 is 12.0 Å². The second-order valence-electron chi connectivity index (χ2n) is 8.38. The van der Waals surface area contributed by atoms with Crippen molar-refractivity contribution in [1.29, 1.82) is 0 Å². The molecule has 25 heavy (non-hydrogen) atoms. The molecule has 3 atom stereocenters. The van der Waals surface area contributed by atoms with E-state index in [1.54, 1.807) is 0 Å². The molecule has 0 bridgehead atoms. The Balaban J connectivity index is 1.58. The summed E-state index contributed by atoms with van der Waals surface area (Å²) < 4.78 is 4.87. The largest absolute Gasteiger partial charge is 0.467 e. The van der Waals surface area contributed by atoms with Crippen LogP contribution in [-0.2, 0) is 19.1 Å². The molecule has 1 unspecified atom stereocenters. The number of ether oxygens (including phenoxy) is 1. The standard InChI is InChI=1S/C20H31NO4/c1-25-19(24)16(12-14-6-5-7-17(14)22)21-18(23)15-8-11-20(13-15)9-3-2-4-10-20/h14-16H,2-13H2,1H3,(H,21,23)/t14-,15?,16-/m0/s1. The molecular formula is C20H31NO4. The van der Waals surface area contributed by atoms with E-state index >= 15 is 0 Å². The Bertz CT molecular complexity index is 524. The average molecular weight is 349 g/mol. The summed E-state index contributed by atoms with van der Waals surface area (Å²) in [6.45, 7) is 0. The fraction of sp³-hybridized carbons (Fsp3) is 0.850. The van der Waals surface area contributed by atoms with Crippen LogP contribution < -0.4 is 5.32 Å². The van der Waals surface area contributed by atoms with Gasteiger partial charge in [-0.25, -0.2) is 4.79 Å². The van der Waals surface area contributed by atoms with E-state index in [1.165, 1.54) is 39.2 Å². The highest BCUT2D eigenvalue weighted by Crippen LogP contribution is 2.51. The number of rotatable bonds is 5. The highest BCUT2D eigenvalue weighted by molar-refractivity contribution is 5.87. The Hall–Kier alpha value is -1.39. The van der Waals surface area contributed by atoms with Crippen molar-refractivity contribution in [3.05, 3.63) is 0 Å². The molecule has 0 aromatic rings. The molecular weight excluding hydrogens is 318 g/mol. The van der Waals surface area contributed by atoms with E-state index in [1.807, 2.05) is 0 Å². The van der Waals surface area contributed by atoms with Crippen LogP contribution in [0.2, 0.25) is 0 Å². The molecule has 3 rings (SSSR count). The molecule has 1 amide bonds. The van der Waals surface area contributed by atoms with Gasteiger partial charge < -0.3 is 10.1 Å². The van der Waals surface area contributed by atoms with Crippen molar-refractivity contribution in [1.82, 2.24) is 5.32 Å². The Morgan fingerprint density at radius 1 is 1.16 bits per heavy atom. The highest BCUT2D eigenvalue weighted by Gasteiger charge is 2.43. The van der Waals surface area contributed by atoms with Gasteiger partial charge in [-0.1, -0.05) is 19.3 Å². The first kappa shape index (κ1) is 18.4. The summed E-state index contributed by atoms with van der Waals surface area (Å²) in [7, 11) is 1.34. The number of Topliss-reactive ketones (excluding diaryl/α,β-unsaturated/α-hetero) is 1. The van der Waals surface area contributed by atoms with Gasteiger partial charge in [-0.15, -0.1) is 0 Å². The Morgan fingerprint density at radius 3 is 2.56 bits per heavy atom. The van der Waals surface area contributed by atoms with Crippen molar-refractivity contribution in [3.63, 3.8) is 0 Å². The fourth-order valence-electron chi connectivity index (χ4n) is 5.25. The number of nitrogens with one attached hydrogen (secondary N) is 1. The predicted octanol–water partition coefficient (Wildman–Crippen LogP) is 3.15. The smallest absolute Gasteiger partial charge is 0.328 e. The molecule has 140 valence electrons. The van der Waals surface area contributed by atoms with Crippen molar-refractivity contribution >= 4 is 17.7 Å². The van der Waals surface area contributed by atoms with E-state index in [4.69, 9.17) is 4.74 Å². The van der Waals surface area contributed by atoms with Gasteiger partial charge in [-0.2, -0.15) is 0 Å². The lowest BCUT2D eigenvalue weighted by atomic mass is 9.72. The minimum atomic E-state index is -0.688. The number of hydrogen-bond acceptors (Lipinski definition) is 4. The van der Waals surface area contributed by atoms with Crippen molar-refractivity contribution < 1.29 is 19.1 Å². The van der Waals surface area contributed by atoms with E-state index in [2.05, 4.69) is 5.32 Å². The summed E-state index contributed by atoms with van der Waals surface area (Å²) in [6.07, 6.45) is 12.1. The van der Waals surface area contributed by atoms with Crippen molar-refractivity contribution in [2.45, 2.75) is 83.1 Å². The maximum Gasteiger partial charge on any atom is 0.328 e. The van der Waals surface area contributed by atoms with Crippen LogP contribution in [0, 0.1) is 17.3 Å². The minimum Gasteiger partial charge on any atom is -0.467 e. The molecule has 0 saturated heterocycles. The van der Waals surface area contributed by atoms with Gasteiger partial charge in [0.1, 0.15) is 11.8 Å². The molecule has 0 aromatic heterocycles. The Kier molecular flexibility index (Phi) is 5.80. The van der Waals surface area contributed by atoms with Crippen molar-refractivity contribution in [3.8, 4) is 0 Å². The maximum atomic E-state index is 12.8. The topological polar surface area (TPSA) is 72.5 Å².